The van der Waals surface area contributed by atoms with E-state index in [1.807, 2.05) is 13.8 Å². The topological polar surface area (TPSA) is 101 Å². The van der Waals surface area contributed by atoms with E-state index in [0.717, 1.165) is 0 Å². The predicted octanol–water partition coefficient (Wildman–Crippen LogP) is 2.42. The number of aliphatic carboxylic acids is 1. The molecule has 1 aliphatic rings. The fourth-order valence-corrected chi connectivity index (χ4v) is 3.65. The SMILES string of the molecule is CC(C)(Cc1ncc2c(OCC(=O)O)cccn12)N1C(=O)c2ccccc2C1=O. The average Bonchev–Trinajstić information content (AvgIpc) is 3.19. The van der Waals surface area contributed by atoms with Crippen molar-refractivity contribution in [2.24, 2.45) is 0 Å². The molecule has 0 saturated heterocycles. The Hall–Kier alpha value is -3.68. The number of imide groups is 1. The molecule has 2 aromatic heterocycles. The Labute approximate surface area is 166 Å². The second kappa shape index (κ2) is 6.73. The molecule has 29 heavy (non-hydrogen) atoms. The van der Waals surface area contributed by atoms with E-state index < -0.39 is 18.1 Å². The van der Waals surface area contributed by atoms with Gasteiger partial charge >= 0.3 is 5.97 Å². The van der Waals surface area contributed by atoms with Crippen LogP contribution < -0.4 is 4.74 Å². The molecule has 3 aromatic rings. The molecule has 0 bridgehead atoms. The van der Waals surface area contributed by atoms with Gasteiger partial charge in [-0.1, -0.05) is 12.1 Å². The Morgan fingerprint density at radius 1 is 1.10 bits per heavy atom. The first-order chi connectivity index (χ1) is 13.8. The molecule has 1 aliphatic heterocycles. The van der Waals surface area contributed by atoms with E-state index in [-0.39, 0.29) is 11.8 Å². The lowest BCUT2D eigenvalue weighted by atomic mass is 9.97. The quantitative estimate of drug-likeness (QED) is 0.646. The van der Waals surface area contributed by atoms with Crippen LogP contribution in [0.15, 0.2) is 48.8 Å². The molecule has 0 atom stereocenters. The lowest BCUT2D eigenvalue weighted by Gasteiger charge is -2.33. The predicted molar refractivity (Wildman–Crippen MR) is 103 cm³/mol. The Morgan fingerprint density at radius 3 is 2.38 bits per heavy atom. The summed E-state index contributed by atoms with van der Waals surface area (Å²) >= 11 is 0. The van der Waals surface area contributed by atoms with Gasteiger partial charge in [-0.25, -0.2) is 9.78 Å². The highest BCUT2D eigenvalue weighted by Gasteiger charge is 2.44. The highest BCUT2D eigenvalue weighted by Crippen LogP contribution is 2.32. The van der Waals surface area contributed by atoms with Crippen molar-refractivity contribution in [3.63, 3.8) is 0 Å². The molecule has 0 unspecified atom stereocenters. The molecule has 3 heterocycles. The Bertz CT molecular complexity index is 1110. The number of pyridine rings is 1. The van der Waals surface area contributed by atoms with Crippen molar-refractivity contribution in [3.05, 3.63) is 65.7 Å². The lowest BCUT2D eigenvalue weighted by molar-refractivity contribution is -0.139. The number of rotatable bonds is 6. The summed E-state index contributed by atoms with van der Waals surface area (Å²) in [6.07, 6.45) is 3.68. The first-order valence-electron chi connectivity index (χ1n) is 9.07. The van der Waals surface area contributed by atoms with Crippen LogP contribution in [0.1, 0.15) is 40.4 Å². The van der Waals surface area contributed by atoms with E-state index >= 15 is 0 Å². The van der Waals surface area contributed by atoms with Crippen LogP contribution in [-0.4, -0.2) is 49.3 Å². The normalized spacial score (nSPS) is 13.8. The van der Waals surface area contributed by atoms with E-state index in [1.54, 1.807) is 53.2 Å². The zero-order valence-corrected chi connectivity index (χ0v) is 16.0. The molecular formula is C21H19N3O5. The van der Waals surface area contributed by atoms with E-state index in [1.165, 1.54) is 4.90 Å². The summed E-state index contributed by atoms with van der Waals surface area (Å²) in [4.78, 5) is 42.2. The Morgan fingerprint density at radius 2 is 1.76 bits per heavy atom. The van der Waals surface area contributed by atoms with Gasteiger partial charge in [-0.3, -0.25) is 14.5 Å². The van der Waals surface area contributed by atoms with Crippen LogP contribution in [0.3, 0.4) is 0 Å². The largest absolute Gasteiger partial charge is 0.480 e. The van der Waals surface area contributed by atoms with Crippen LogP contribution in [0.4, 0.5) is 0 Å². The number of hydrogen-bond donors (Lipinski definition) is 1. The zero-order chi connectivity index (χ0) is 20.8. The molecule has 1 aromatic carbocycles. The number of carbonyl (C=O) groups is 3. The summed E-state index contributed by atoms with van der Waals surface area (Å²) in [5, 5.41) is 8.83. The molecule has 0 saturated carbocycles. The summed E-state index contributed by atoms with van der Waals surface area (Å²) in [7, 11) is 0. The molecule has 148 valence electrons. The van der Waals surface area contributed by atoms with Gasteiger partial charge in [-0.05, 0) is 38.1 Å². The first kappa shape index (κ1) is 18.7. The highest BCUT2D eigenvalue weighted by atomic mass is 16.5. The molecule has 4 rings (SSSR count). The second-order valence-electron chi connectivity index (χ2n) is 7.47. The molecule has 8 heteroatoms. The summed E-state index contributed by atoms with van der Waals surface area (Å²) in [6, 6.07) is 10.2. The van der Waals surface area contributed by atoms with E-state index in [4.69, 9.17) is 9.84 Å². The van der Waals surface area contributed by atoms with Crippen molar-refractivity contribution >= 4 is 23.3 Å². The van der Waals surface area contributed by atoms with Gasteiger partial charge in [0.1, 0.15) is 17.1 Å². The number of hydrogen-bond acceptors (Lipinski definition) is 5. The van der Waals surface area contributed by atoms with Crippen molar-refractivity contribution in [1.29, 1.82) is 0 Å². The number of imidazole rings is 1. The van der Waals surface area contributed by atoms with Gasteiger partial charge in [0, 0.05) is 12.6 Å². The fraction of sp³-hybridized carbons (Fsp3) is 0.238. The van der Waals surface area contributed by atoms with Gasteiger partial charge in [-0.15, -0.1) is 0 Å². The zero-order valence-electron chi connectivity index (χ0n) is 16.0. The van der Waals surface area contributed by atoms with Gasteiger partial charge in [0.2, 0.25) is 0 Å². The molecule has 2 amide bonds. The van der Waals surface area contributed by atoms with Crippen molar-refractivity contribution in [2.75, 3.05) is 6.61 Å². The van der Waals surface area contributed by atoms with Gasteiger partial charge < -0.3 is 14.2 Å². The standard InChI is InChI=1S/C21H19N3O5/c1-21(2,24-19(27)13-6-3-4-7-14(13)20(24)28)10-17-22-11-15-16(29-12-18(25)26)8-5-9-23(15)17/h3-9,11H,10,12H2,1-2H3,(H,25,26). The number of fused-ring (bicyclic) bond motifs is 2. The third-order valence-electron chi connectivity index (χ3n) is 4.95. The van der Waals surface area contributed by atoms with Crippen molar-refractivity contribution in [1.82, 2.24) is 14.3 Å². The van der Waals surface area contributed by atoms with E-state index in [9.17, 15) is 14.4 Å². The number of nitrogens with zero attached hydrogens (tertiary/aromatic N) is 3. The molecule has 0 aliphatic carbocycles. The summed E-state index contributed by atoms with van der Waals surface area (Å²) in [5.74, 6) is -0.683. The van der Waals surface area contributed by atoms with Crippen LogP contribution >= 0.6 is 0 Å². The molecule has 1 N–H and O–H groups in total. The van der Waals surface area contributed by atoms with Crippen LogP contribution in [0.25, 0.3) is 5.52 Å². The van der Waals surface area contributed by atoms with Crippen molar-refractivity contribution < 1.29 is 24.2 Å². The van der Waals surface area contributed by atoms with E-state index in [0.29, 0.717) is 34.6 Å². The average molecular weight is 393 g/mol. The minimum absolute atomic E-state index is 0.315. The summed E-state index contributed by atoms with van der Waals surface area (Å²) in [5.41, 5.74) is 0.597. The summed E-state index contributed by atoms with van der Waals surface area (Å²) in [6.45, 7) is 3.18. The Balaban J connectivity index is 1.65. The third kappa shape index (κ3) is 3.12. The minimum atomic E-state index is -1.07. The van der Waals surface area contributed by atoms with Crippen LogP contribution in [0.5, 0.6) is 5.75 Å². The monoisotopic (exact) mass is 393 g/mol. The molecule has 0 spiro atoms. The van der Waals surface area contributed by atoms with Gasteiger partial charge in [0.05, 0.1) is 22.9 Å². The number of amides is 2. The number of carboxylic acids is 1. The smallest absolute Gasteiger partial charge is 0.341 e. The van der Waals surface area contributed by atoms with Crippen LogP contribution in [0, 0.1) is 0 Å². The van der Waals surface area contributed by atoms with E-state index in [2.05, 4.69) is 4.98 Å². The highest BCUT2D eigenvalue weighted by molar-refractivity contribution is 6.21. The number of aromatic nitrogens is 2. The van der Waals surface area contributed by atoms with Gasteiger partial charge in [0.15, 0.2) is 6.61 Å². The number of ether oxygens (including phenoxy) is 1. The number of carbonyl (C=O) groups excluding carboxylic acids is 2. The maximum atomic E-state index is 12.9. The Kier molecular flexibility index (Phi) is 4.34. The summed E-state index contributed by atoms with van der Waals surface area (Å²) < 4.78 is 7.10. The molecule has 8 nitrogen and oxygen atoms in total. The van der Waals surface area contributed by atoms with Crippen molar-refractivity contribution in [2.45, 2.75) is 25.8 Å². The number of carboxylic acid groups (broad SMARTS) is 1. The van der Waals surface area contributed by atoms with Crippen LogP contribution in [-0.2, 0) is 11.2 Å². The molecular weight excluding hydrogens is 374 g/mol. The van der Waals surface area contributed by atoms with Crippen LogP contribution in [0.2, 0.25) is 0 Å². The third-order valence-corrected chi connectivity index (χ3v) is 4.95. The van der Waals surface area contributed by atoms with Gasteiger partial charge in [0.25, 0.3) is 11.8 Å². The van der Waals surface area contributed by atoms with Crippen molar-refractivity contribution in [3.8, 4) is 5.75 Å². The molecule has 0 fully saturated rings. The molecule has 0 radical (unpaired) electrons. The number of benzene rings is 1. The first-order valence-corrected chi connectivity index (χ1v) is 9.07. The maximum Gasteiger partial charge on any atom is 0.341 e. The second-order valence-corrected chi connectivity index (χ2v) is 7.47. The maximum absolute atomic E-state index is 12.9. The minimum Gasteiger partial charge on any atom is -0.480 e. The lowest BCUT2D eigenvalue weighted by Crippen LogP contribution is -2.49. The van der Waals surface area contributed by atoms with Gasteiger partial charge in [-0.2, -0.15) is 0 Å². The fourth-order valence-electron chi connectivity index (χ4n) is 3.65.